The molecule has 0 aliphatic heterocycles. The summed E-state index contributed by atoms with van der Waals surface area (Å²) in [5.74, 6) is 0.832. The molecule has 0 heterocycles. The lowest BCUT2D eigenvalue weighted by atomic mass is 9.82. The maximum absolute atomic E-state index is 12.4. The minimum absolute atomic E-state index is 0.237. The van der Waals surface area contributed by atoms with Crippen LogP contribution in [0.4, 0.5) is 0 Å². The Morgan fingerprint density at radius 3 is 2.17 bits per heavy atom. The molecule has 0 fully saturated rings. The van der Waals surface area contributed by atoms with Gasteiger partial charge in [-0.1, -0.05) is 34.6 Å². The summed E-state index contributed by atoms with van der Waals surface area (Å²) in [6.45, 7) is 13.6. The molecule has 18 heavy (non-hydrogen) atoms. The van der Waals surface area contributed by atoms with Crippen LogP contribution in [0, 0.1) is 11.3 Å². The Hall–Kier alpha value is -0.570. The number of carbonyl (C=O) groups is 1. The minimum atomic E-state index is -0.237. The zero-order chi connectivity index (χ0) is 14.3. The van der Waals surface area contributed by atoms with Crippen LogP contribution < -0.4 is 0 Å². The maximum atomic E-state index is 12.4. The van der Waals surface area contributed by atoms with Crippen molar-refractivity contribution in [2.24, 2.45) is 11.3 Å². The van der Waals surface area contributed by atoms with Gasteiger partial charge in [-0.3, -0.25) is 4.79 Å². The third-order valence-corrected chi connectivity index (χ3v) is 3.42. The molecule has 0 atom stereocenters. The molecule has 0 aromatic heterocycles. The number of rotatable bonds is 8. The van der Waals surface area contributed by atoms with Crippen molar-refractivity contribution in [1.29, 1.82) is 0 Å². The van der Waals surface area contributed by atoms with E-state index in [9.17, 15) is 4.79 Å². The molecule has 0 bridgehead atoms. The van der Waals surface area contributed by atoms with E-state index in [0.29, 0.717) is 5.92 Å². The number of hydrogen-bond donors (Lipinski definition) is 0. The first-order valence-corrected chi connectivity index (χ1v) is 7.14. The van der Waals surface area contributed by atoms with E-state index in [1.54, 1.807) is 0 Å². The van der Waals surface area contributed by atoms with Crippen molar-refractivity contribution in [3.8, 4) is 0 Å². The van der Waals surface area contributed by atoms with E-state index in [1.165, 1.54) is 0 Å². The van der Waals surface area contributed by atoms with Crippen LogP contribution in [0.3, 0.4) is 0 Å². The molecule has 108 valence electrons. The zero-order valence-corrected chi connectivity index (χ0v) is 13.4. The summed E-state index contributed by atoms with van der Waals surface area (Å²) in [5.41, 5.74) is -0.237. The normalized spacial score (nSPS) is 12.3. The van der Waals surface area contributed by atoms with Crippen molar-refractivity contribution in [2.75, 3.05) is 33.7 Å². The first-order chi connectivity index (χ1) is 8.20. The van der Waals surface area contributed by atoms with Crippen LogP contribution >= 0.6 is 0 Å². The summed E-state index contributed by atoms with van der Waals surface area (Å²) in [4.78, 5) is 16.5. The fraction of sp³-hybridized carbons (Fsp3) is 0.933. The second kappa shape index (κ2) is 7.78. The average molecular weight is 256 g/mol. The summed E-state index contributed by atoms with van der Waals surface area (Å²) >= 11 is 0. The Bertz CT molecular complexity index is 249. The highest BCUT2D eigenvalue weighted by molar-refractivity contribution is 5.81. The molecule has 3 nitrogen and oxygen atoms in total. The van der Waals surface area contributed by atoms with E-state index in [0.717, 1.165) is 32.5 Å². The standard InChI is InChI=1S/C15H32N2O/c1-8-16(6)10-9-11-17(7)14(18)15(4,5)12-13(2)3/h13H,8-12H2,1-7H3. The highest BCUT2D eigenvalue weighted by atomic mass is 16.2. The van der Waals surface area contributed by atoms with E-state index in [4.69, 9.17) is 0 Å². The second-order valence-corrected chi connectivity index (χ2v) is 6.46. The SMILES string of the molecule is CCN(C)CCCN(C)C(=O)C(C)(C)CC(C)C. The van der Waals surface area contributed by atoms with Crippen molar-refractivity contribution in [3.63, 3.8) is 0 Å². The van der Waals surface area contributed by atoms with Gasteiger partial charge in [-0.25, -0.2) is 0 Å². The van der Waals surface area contributed by atoms with Gasteiger partial charge in [-0.15, -0.1) is 0 Å². The number of hydrogen-bond acceptors (Lipinski definition) is 2. The maximum Gasteiger partial charge on any atom is 0.227 e. The molecule has 0 unspecified atom stereocenters. The summed E-state index contributed by atoms with van der Waals surface area (Å²) in [6, 6.07) is 0. The van der Waals surface area contributed by atoms with E-state index < -0.39 is 0 Å². The second-order valence-electron chi connectivity index (χ2n) is 6.46. The topological polar surface area (TPSA) is 23.6 Å². The summed E-state index contributed by atoms with van der Waals surface area (Å²) in [5, 5.41) is 0. The van der Waals surface area contributed by atoms with Crippen molar-refractivity contribution in [1.82, 2.24) is 9.80 Å². The highest BCUT2D eigenvalue weighted by Crippen LogP contribution is 2.27. The molecule has 0 aromatic rings. The van der Waals surface area contributed by atoms with Crippen LogP contribution in [0.25, 0.3) is 0 Å². The molecule has 0 aromatic carbocycles. The van der Waals surface area contributed by atoms with Crippen LogP contribution in [0.2, 0.25) is 0 Å². The van der Waals surface area contributed by atoms with Crippen molar-refractivity contribution < 1.29 is 4.79 Å². The fourth-order valence-electron chi connectivity index (χ4n) is 2.46. The van der Waals surface area contributed by atoms with E-state index in [-0.39, 0.29) is 11.3 Å². The molecule has 3 heteroatoms. The smallest absolute Gasteiger partial charge is 0.227 e. The Morgan fingerprint density at radius 1 is 1.17 bits per heavy atom. The molecular weight excluding hydrogens is 224 g/mol. The largest absolute Gasteiger partial charge is 0.345 e. The molecule has 0 aliphatic rings. The number of amides is 1. The number of carbonyl (C=O) groups excluding carboxylic acids is 1. The molecule has 1 amide bonds. The summed E-state index contributed by atoms with van der Waals surface area (Å²) < 4.78 is 0. The third-order valence-electron chi connectivity index (χ3n) is 3.42. The Morgan fingerprint density at radius 2 is 1.72 bits per heavy atom. The van der Waals surface area contributed by atoms with Gasteiger partial charge in [0.15, 0.2) is 0 Å². The molecule has 0 N–H and O–H groups in total. The van der Waals surface area contributed by atoms with Gasteiger partial charge in [0.1, 0.15) is 0 Å². The van der Waals surface area contributed by atoms with Gasteiger partial charge in [-0.2, -0.15) is 0 Å². The molecular formula is C15H32N2O. The van der Waals surface area contributed by atoms with Gasteiger partial charge < -0.3 is 9.80 Å². The molecule has 0 rings (SSSR count). The van der Waals surface area contributed by atoms with Gasteiger partial charge in [0.05, 0.1) is 0 Å². The van der Waals surface area contributed by atoms with E-state index in [2.05, 4.69) is 46.6 Å². The molecule has 0 radical (unpaired) electrons. The van der Waals surface area contributed by atoms with Gasteiger partial charge >= 0.3 is 0 Å². The third kappa shape index (κ3) is 6.39. The first-order valence-electron chi connectivity index (χ1n) is 7.14. The summed E-state index contributed by atoms with van der Waals surface area (Å²) in [6.07, 6.45) is 2.00. The van der Waals surface area contributed by atoms with Crippen LogP contribution in [-0.4, -0.2) is 49.4 Å². The van der Waals surface area contributed by atoms with Crippen molar-refractivity contribution >= 4 is 5.91 Å². The first kappa shape index (κ1) is 17.4. The van der Waals surface area contributed by atoms with Crippen LogP contribution in [-0.2, 0) is 4.79 Å². The van der Waals surface area contributed by atoms with Crippen molar-refractivity contribution in [2.45, 2.75) is 47.5 Å². The lowest BCUT2D eigenvalue weighted by Crippen LogP contribution is -2.40. The Balaban J connectivity index is 4.17. The van der Waals surface area contributed by atoms with E-state index in [1.807, 2.05) is 11.9 Å². The predicted molar refractivity (Wildman–Crippen MR) is 78.7 cm³/mol. The average Bonchev–Trinajstić information content (AvgIpc) is 2.25. The highest BCUT2D eigenvalue weighted by Gasteiger charge is 2.30. The Kier molecular flexibility index (Phi) is 7.53. The minimum Gasteiger partial charge on any atom is -0.345 e. The summed E-state index contributed by atoms with van der Waals surface area (Å²) in [7, 11) is 4.04. The zero-order valence-electron chi connectivity index (χ0n) is 13.4. The van der Waals surface area contributed by atoms with Gasteiger partial charge in [0.25, 0.3) is 0 Å². The molecule has 0 saturated carbocycles. The van der Waals surface area contributed by atoms with Gasteiger partial charge in [0.2, 0.25) is 5.91 Å². The van der Waals surface area contributed by atoms with Crippen molar-refractivity contribution in [3.05, 3.63) is 0 Å². The fourth-order valence-corrected chi connectivity index (χ4v) is 2.46. The van der Waals surface area contributed by atoms with Crippen LogP contribution in [0.5, 0.6) is 0 Å². The quantitative estimate of drug-likeness (QED) is 0.667. The molecule has 0 aliphatic carbocycles. The van der Waals surface area contributed by atoms with E-state index >= 15 is 0 Å². The molecule has 0 saturated heterocycles. The lowest BCUT2D eigenvalue weighted by molar-refractivity contribution is -0.139. The van der Waals surface area contributed by atoms with Crippen LogP contribution in [0.1, 0.15) is 47.5 Å². The lowest BCUT2D eigenvalue weighted by Gasteiger charge is -2.31. The van der Waals surface area contributed by atoms with Gasteiger partial charge in [-0.05, 0) is 38.9 Å². The van der Waals surface area contributed by atoms with Crippen LogP contribution in [0.15, 0.2) is 0 Å². The van der Waals surface area contributed by atoms with Gasteiger partial charge in [0, 0.05) is 19.0 Å². The Labute approximate surface area is 114 Å². The monoisotopic (exact) mass is 256 g/mol. The molecule has 0 spiro atoms. The number of nitrogens with zero attached hydrogens (tertiary/aromatic N) is 2. The predicted octanol–water partition coefficient (Wildman–Crippen LogP) is 2.86.